The zero-order valence-electron chi connectivity index (χ0n) is 11.4. The van der Waals surface area contributed by atoms with Gasteiger partial charge in [0, 0.05) is 0 Å². The molecular weight excluding hydrogens is 283 g/mol. The van der Waals surface area contributed by atoms with Gasteiger partial charge in [0.2, 0.25) is 0 Å². The van der Waals surface area contributed by atoms with Gasteiger partial charge in [-0.15, -0.1) is 0 Å². The number of carboxylic acids is 2. The molecule has 2 rings (SSSR count). The van der Waals surface area contributed by atoms with Crippen LogP contribution >= 0.6 is 0 Å². The van der Waals surface area contributed by atoms with Gasteiger partial charge in [-0.1, -0.05) is 38.5 Å². The molecule has 0 aromatic rings. The van der Waals surface area contributed by atoms with Crippen molar-refractivity contribution < 1.29 is 19.8 Å². The molecule has 0 heterocycles. The normalized spacial score (nSPS) is 22.0. The van der Waals surface area contributed by atoms with Crippen molar-refractivity contribution in [1.29, 1.82) is 0 Å². The summed E-state index contributed by atoms with van der Waals surface area (Å²) in [4.78, 5) is 23.8. The molecule has 2 fully saturated rings. The van der Waals surface area contributed by atoms with Crippen molar-refractivity contribution in [3.63, 3.8) is 0 Å². The van der Waals surface area contributed by atoms with Crippen molar-refractivity contribution in [2.45, 2.75) is 64.2 Å². The van der Waals surface area contributed by atoms with Crippen LogP contribution in [-0.2, 0) is 9.59 Å². The maximum absolute atomic E-state index is 11.9. The third kappa shape index (κ3) is 3.49. The van der Waals surface area contributed by atoms with E-state index < -0.39 is 17.4 Å². The Morgan fingerprint density at radius 2 is 1.00 bits per heavy atom. The summed E-state index contributed by atoms with van der Waals surface area (Å²) in [5.74, 6) is -2.56. The second-order valence-electron chi connectivity index (χ2n) is 6.15. The fraction of sp³-hybridized carbons (Fsp3) is 0.867. The van der Waals surface area contributed by atoms with Gasteiger partial charge in [0.1, 0.15) is 0 Å². The van der Waals surface area contributed by atoms with E-state index >= 15 is 0 Å². The molecule has 20 heavy (non-hydrogen) atoms. The second kappa shape index (κ2) is 8.27. The van der Waals surface area contributed by atoms with E-state index in [1.165, 1.54) is 0 Å². The monoisotopic (exact) mass is 308 g/mol. The Labute approximate surface area is 163 Å². The number of carboxylic acid groups (broad SMARTS) is 2. The average molecular weight is 308 g/mol. The van der Waals surface area contributed by atoms with E-state index in [4.69, 9.17) is 0 Å². The molecule has 0 amide bonds. The van der Waals surface area contributed by atoms with Gasteiger partial charge in [-0.2, -0.15) is 0 Å². The summed E-state index contributed by atoms with van der Waals surface area (Å²) in [7, 11) is 0. The first kappa shape index (κ1) is 18.6. The number of rotatable bonds is 4. The first-order valence-corrected chi connectivity index (χ1v) is 7.57. The Morgan fingerprint density at radius 1 is 0.700 bits per heavy atom. The molecule has 0 aliphatic heterocycles. The van der Waals surface area contributed by atoms with E-state index in [1.54, 1.807) is 0 Å². The van der Waals surface area contributed by atoms with Crippen LogP contribution in [0, 0.1) is 17.3 Å². The summed E-state index contributed by atoms with van der Waals surface area (Å²) < 4.78 is 0. The quantitative estimate of drug-likeness (QED) is 0.618. The Balaban J connectivity index is 0.00000200. The second-order valence-corrected chi connectivity index (χ2v) is 6.15. The van der Waals surface area contributed by atoms with Gasteiger partial charge in [0.15, 0.2) is 5.41 Å². The van der Waals surface area contributed by atoms with Gasteiger partial charge in [-0.05, 0) is 37.5 Å². The van der Waals surface area contributed by atoms with Crippen LogP contribution in [0.3, 0.4) is 0 Å². The molecule has 0 atom stereocenters. The Bertz CT molecular complexity index is 310. The van der Waals surface area contributed by atoms with Crippen LogP contribution < -0.4 is 0 Å². The number of aliphatic carboxylic acids is 2. The molecule has 5 heteroatoms. The Hall–Kier alpha value is 0.576. The van der Waals surface area contributed by atoms with E-state index in [1.807, 2.05) is 0 Å². The summed E-state index contributed by atoms with van der Waals surface area (Å²) in [6.45, 7) is 0. The molecule has 0 unspecified atom stereocenters. The third-order valence-corrected chi connectivity index (χ3v) is 5.21. The molecule has 0 aromatic heterocycles. The van der Waals surface area contributed by atoms with Crippen molar-refractivity contribution in [1.82, 2.24) is 0 Å². The first-order valence-electron chi connectivity index (χ1n) is 7.57. The molecule has 0 aromatic carbocycles. The first-order chi connectivity index (χ1) is 9.10. The third-order valence-electron chi connectivity index (χ3n) is 5.21. The molecular formula is C15H25KO4. The van der Waals surface area contributed by atoms with Gasteiger partial charge >= 0.3 is 63.3 Å². The SMILES string of the molecule is O=C(O)C(C(=O)O)(C1CCCCC1)C1CCCCC1.[KH]. The summed E-state index contributed by atoms with van der Waals surface area (Å²) >= 11 is 0. The minimum atomic E-state index is -1.53. The van der Waals surface area contributed by atoms with Crippen LogP contribution in [0.25, 0.3) is 0 Å². The molecule has 2 aliphatic carbocycles. The van der Waals surface area contributed by atoms with E-state index in [2.05, 4.69) is 0 Å². The zero-order chi connectivity index (χ0) is 13.9. The molecule has 2 aliphatic rings. The van der Waals surface area contributed by atoms with Crippen LogP contribution in [0.4, 0.5) is 0 Å². The van der Waals surface area contributed by atoms with Crippen molar-refractivity contribution in [3.05, 3.63) is 0 Å². The van der Waals surface area contributed by atoms with Crippen LogP contribution in [0.1, 0.15) is 64.2 Å². The van der Waals surface area contributed by atoms with E-state index in [0.717, 1.165) is 64.2 Å². The van der Waals surface area contributed by atoms with Crippen molar-refractivity contribution in [2.24, 2.45) is 17.3 Å². The predicted octanol–water partition coefficient (Wildman–Crippen LogP) is 2.65. The topological polar surface area (TPSA) is 74.6 Å². The van der Waals surface area contributed by atoms with Crippen LogP contribution in [0.2, 0.25) is 0 Å². The van der Waals surface area contributed by atoms with Crippen molar-refractivity contribution >= 4 is 63.3 Å². The standard InChI is InChI=1S/C15H24O4.K.H/c16-13(17)15(14(18)19,11-7-3-1-4-8-11)12-9-5-2-6-10-12;;/h11-12H,1-10H2,(H,16,17)(H,18,19);;. The number of hydrogen-bond donors (Lipinski definition) is 2. The summed E-state index contributed by atoms with van der Waals surface area (Å²) in [5, 5.41) is 19.4. The number of hydrogen-bond acceptors (Lipinski definition) is 2. The molecule has 0 bridgehead atoms. The zero-order valence-corrected chi connectivity index (χ0v) is 11.4. The summed E-state index contributed by atoms with van der Waals surface area (Å²) in [6.07, 6.45) is 9.14. The van der Waals surface area contributed by atoms with Gasteiger partial charge in [-0.25, -0.2) is 0 Å². The Morgan fingerprint density at radius 3 is 1.25 bits per heavy atom. The van der Waals surface area contributed by atoms with Gasteiger partial charge < -0.3 is 10.2 Å². The molecule has 110 valence electrons. The predicted molar refractivity (Wildman–Crippen MR) is 78.0 cm³/mol. The van der Waals surface area contributed by atoms with Gasteiger partial charge in [-0.3, -0.25) is 9.59 Å². The van der Waals surface area contributed by atoms with E-state index in [0.29, 0.717) is 0 Å². The molecule has 0 radical (unpaired) electrons. The maximum atomic E-state index is 11.9. The number of carbonyl (C=O) groups is 2. The molecule has 2 saturated carbocycles. The van der Waals surface area contributed by atoms with Crippen LogP contribution in [0.15, 0.2) is 0 Å². The van der Waals surface area contributed by atoms with Crippen molar-refractivity contribution in [3.8, 4) is 0 Å². The fourth-order valence-electron chi connectivity index (χ4n) is 4.24. The van der Waals surface area contributed by atoms with Crippen molar-refractivity contribution in [2.75, 3.05) is 0 Å². The minimum absolute atomic E-state index is 0. The van der Waals surface area contributed by atoms with Crippen LogP contribution in [0.5, 0.6) is 0 Å². The summed E-state index contributed by atoms with van der Waals surface area (Å²) in [6, 6.07) is 0. The summed E-state index contributed by atoms with van der Waals surface area (Å²) in [5.41, 5.74) is -1.53. The van der Waals surface area contributed by atoms with Gasteiger partial charge in [0.25, 0.3) is 0 Å². The van der Waals surface area contributed by atoms with Crippen LogP contribution in [-0.4, -0.2) is 73.5 Å². The van der Waals surface area contributed by atoms with E-state index in [-0.39, 0.29) is 63.2 Å². The average Bonchev–Trinajstić information content (AvgIpc) is 2.41. The molecule has 0 spiro atoms. The molecule has 4 nitrogen and oxygen atoms in total. The molecule has 2 N–H and O–H groups in total. The molecule has 0 saturated heterocycles. The Kier molecular flexibility index (Phi) is 7.70. The van der Waals surface area contributed by atoms with Gasteiger partial charge in [0.05, 0.1) is 0 Å². The van der Waals surface area contributed by atoms with E-state index in [9.17, 15) is 19.8 Å². The fourth-order valence-corrected chi connectivity index (χ4v) is 4.24.